The molecule has 44 heavy (non-hydrogen) atoms. The van der Waals surface area contributed by atoms with Crippen molar-refractivity contribution < 1.29 is 33.4 Å². The molecule has 0 unspecified atom stereocenters. The highest BCUT2D eigenvalue weighted by Gasteiger charge is 2.53. The van der Waals surface area contributed by atoms with Gasteiger partial charge in [0.05, 0.1) is 30.7 Å². The van der Waals surface area contributed by atoms with Gasteiger partial charge < -0.3 is 29.2 Å². The van der Waals surface area contributed by atoms with Gasteiger partial charge in [-0.2, -0.15) is 0 Å². The molecule has 2 aromatic rings. The molecule has 0 radical (unpaired) electrons. The zero-order chi connectivity index (χ0) is 31.4. The third kappa shape index (κ3) is 5.73. The smallest absolute Gasteiger partial charge is 0.408 e. The van der Waals surface area contributed by atoms with E-state index in [1.165, 1.54) is 4.90 Å². The normalized spacial score (nSPS) is 30.3. The number of Topliss-reactive ketones (excluding diaryl/α,β-unsaturated/α-hetero) is 1. The summed E-state index contributed by atoms with van der Waals surface area (Å²) in [5, 5.41) is 2.79. The van der Waals surface area contributed by atoms with E-state index in [0.717, 1.165) is 19.1 Å². The van der Waals surface area contributed by atoms with E-state index in [1.807, 2.05) is 39.8 Å². The van der Waals surface area contributed by atoms with Crippen molar-refractivity contribution in [2.45, 2.75) is 96.9 Å². The summed E-state index contributed by atoms with van der Waals surface area (Å²) >= 11 is 0. The molecule has 2 aliphatic carbocycles. The summed E-state index contributed by atoms with van der Waals surface area (Å²) in [6, 6.07) is 3.80. The quantitative estimate of drug-likeness (QED) is 0.513. The fourth-order valence-corrected chi connectivity index (χ4v) is 6.84. The number of fused-ring (bicyclic) bond motifs is 5. The van der Waals surface area contributed by atoms with Crippen molar-refractivity contribution in [3.63, 3.8) is 0 Å². The van der Waals surface area contributed by atoms with Gasteiger partial charge in [-0.3, -0.25) is 9.59 Å². The molecule has 6 rings (SSSR count). The van der Waals surface area contributed by atoms with Crippen LogP contribution in [0, 0.1) is 22.7 Å². The number of ether oxygens (including phenoxy) is 3. The van der Waals surface area contributed by atoms with Crippen LogP contribution in [0.15, 0.2) is 18.2 Å². The fourth-order valence-electron chi connectivity index (χ4n) is 6.84. The fraction of sp³-hybridized carbons (Fsp3) is 0.636. The molecule has 6 atom stereocenters. The summed E-state index contributed by atoms with van der Waals surface area (Å²) in [5.41, 5.74) is 0.866. The number of alkyl carbamates (subject to hydrolysis) is 1. The van der Waals surface area contributed by atoms with Gasteiger partial charge in [0.15, 0.2) is 0 Å². The minimum Gasteiger partial charge on any atom is -0.497 e. The Morgan fingerprint density at radius 3 is 2.52 bits per heavy atom. The largest absolute Gasteiger partial charge is 0.497 e. The highest BCUT2D eigenvalue weighted by molar-refractivity contribution is 5.89. The Balaban J connectivity index is 1.40. The van der Waals surface area contributed by atoms with Crippen molar-refractivity contribution in [2.24, 2.45) is 22.7 Å². The Kier molecular flexibility index (Phi) is 7.78. The molecule has 1 saturated heterocycles. The predicted molar refractivity (Wildman–Crippen MR) is 160 cm³/mol. The number of carbonyl (C=O) groups excluding carboxylic acids is 4. The number of rotatable bonds is 3. The molecule has 2 bridgehead atoms. The Labute approximate surface area is 257 Å². The SMILES string of the molecule is CC[C@@H]1[C@@H]2CN(C(=O)[C@H](C(C)(C)C)NC(=O)O[C@@H]3C[C@H]3CC(=O)C3(CCc4nc5ccc(OC)cc5nc4O2)CC3)[C@@H]1C=O. The summed E-state index contributed by atoms with van der Waals surface area (Å²) < 4.78 is 17.7. The average Bonchev–Trinajstić information content (AvgIpc) is 3.90. The third-order valence-electron chi connectivity index (χ3n) is 9.94. The highest BCUT2D eigenvalue weighted by atomic mass is 16.6. The lowest BCUT2D eigenvalue weighted by molar-refractivity contribution is -0.139. The lowest BCUT2D eigenvalue weighted by atomic mass is 9.85. The van der Waals surface area contributed by atoms with Crippen molar-refractivity contribution in [1.82, 2.24) is 20.2 Å². The van der Waals surface area contributed by atoms with Crippen LogP contribution >= 0.6 is 0 Å². The van der Waals surface area contributed by atoms with E-state index in [2.05, 4.69) is 5.32 Å². The van der Waals surface area contributed by atoms with Gasteiger partial charge in [-0.05, 0) is 56.1 Å². The van der Waals surface area contributed by atoms with Crippen molar-refractivity contribution in [1.29, 1.82) is 0 Å². The first-order valence-electron chi connectivity index (χ1n) is 15.7. The van der Waals surface area contributed by atoms with Crippen molar-refractivity contribution >= 4 is 35.1 Å². The molecule has 1 spiro atoms. The molecule has 236 valence electrons. The Hall–Kier alpha value is -3.76. The van der Waals surface area contributed by atoms with E-state index < -0.39 is 35.1 Å². The van der Waals surface area contributed by atoms with Gasteiger partial charge in [0.25, 0.3) is 0 Å². The van der Waals surface area contributed by atoms with E-state index in [0.29, 0.717) is 60.5 Å². The topological polar surface area (TPSA) is 137 Å². The van der Waals surface area contributed by atoms with Crippen LogP contribution in [0.1, 0.15) is 71.9 Å². The van der Waals surface area contributed by atoms with E-state index in [4.69, 9.17) is 24.2 Å². The molecule has 1 aromatic carbocycles. The second kappa shape index (κ2) is 11.3. The number of ketones is 1. The lowest BCUT2D eigenvalue weighted by Gasteiger charge is -2.34. The number of hydrogen-bond donors (Lipinski definition) is 1. The Morgan fingerprint density at radius 2 is 1.86 bits per heavy atom. The molecule has 1 aromatic heterocycles. The van der Waals surface area contributed by atoms with Gasteiger partial charge in [0, 0.05) is 29.7 Å². The lowest BCUT2D eigenvalue weighted by Crippen LogP contribution is -2.56. The molecule has 3 fully saturated rings. The summed E-state index contributed by atoms with van der Waals surface area (Å²) in [6.07, 6.45) is 3.56. The van der Waals surface area contributed by atoms with E-state index in [9.17, 15) is 19.2 Å². The van der Waals surface area contributed by atoms with Gasteiger partial charge in [-0.15, -0.1) is 0 Å². The van der Waals surface area contributed by atoms with Crippen LogP contribution in [0.5, 0.6) is 11.6 Å². The Bertz CT molecular complexity index is 1480. The second-order valence-electron chi connectivity index (χ2n) is 14.0. The standard InChI is InChI=1S/C33H42N4O7/c1-6-20-24(17-38)37-16-26(20)43-29-22(34-21-8-7-19(42-5)15-23(21)35-29)9-10-33(11-12-33)27(39)14-18-13-25(18)44-31(41)36-28(30(37)40)32(2,3)4/h7-8,15,17-18,20,24-26,28H,6,9-14,16H2,1-5H3,(H,36,41)/t18-,20-,24+,25+,26-,28+/m0/s1. The zero-order valence-corrected chi connectivity index (χ0v) is 26.1. The molecule has 4 aliphatic rings. The average molecular weight is 607 g/mol. The zero-order valence-electron chi connectivity index (χ0n) is 26.1. The van der Waals surface area contributed by atoms with Gasteiger partial charge >= 0.3 is 6.09 Å². The first kappa shape index (κ1) is 30.3. The molecular weight excluding hydrogens is 564 g/mol. The first-order chi connectivity index (χ1) is 21.0. The van der Waals surface area contributed by atoms with E-state index in [-0.39, 0.29) is 36.2 Å². The van der Waals surface area contributed by atoms with Crippen molar-refractivity contribution in [3.8, 4) is 11.6 Å². The first-order valence-corrected chi connectivity index (χ1v) is 15.7. The number of aryl methyl sites for hydroxylation is 1. The second-order valence-corrected chi connectivity index (χ2v) is 14.0. The number of nitrogens with one attached hydrogen (secondary N) is 1. The highest BCUT2D eigenvalue weighted by Crippen LogP contribution is 2.53. The van der Waals surface area contributed by atoms with Gasteiger partial charge in [0.1, 0.15) is 41.8 Å². The van der Waals surface area contributed by atoms with Gasteiger partial charge in [0.2, 0.25) is 11.8 Å². The van der Waals surface area contributed by atoms with Crippen LogP contribution in [-0.4, -0.2) is 76.9 Å². The molecule has 2 aliphatic heterocycles. The monoisotopic (exact) mass is 606 g/mol. The summed E-state index contributed by atoms with van der Waals surface area (Å²) in [4.78, 5) is 64.4. The van der Waals surface area contributed by atoms with Crippen LogP contribution < -0.4 is 14.8 Å². The maximum absolute atomic E-state index is 14.1. The predicted octanol–water partition coefficient (Wildman–Crippen LogP) is 4.04. The molecule has 1 N–H and O–H groups in total. The minimum atomic E-state index is -0.940. The molecule has 11 heteroatoms. The molecule has 2 saturated carbocycles. The molecular formula is C33H42N4O7. The number of carbonyl (C=O) groups is 4. The van der Waals surface area contributed by atoms with Crippen molar-refractivity contribution in [3.05, 3.63) is 23.9 Å². The summed E-state index contributed by atoms with van der Waals surface area (Å²) in [5.74, 6) is 0.485. The number of amides is 2. The molecule has 11 nitrogen and oxygen atoms in total. The maximum atomic E-state index is 14.1. The maximum Gasteiger partial charge on any atom is 0.408 e. The number of nitrogens with zero attached hydrogens (tertiary/aromatic N) is 3. The molecule has 2 amide bonds. The summed E-state index contributed by atoms with van der Waals surface area (Å²) in [7, 11) is 1.59. The molecule has 3 heterocycles. The third-order valence-corrected chi connectivity index (χ3v) is 9.94. The summed E-state index contributed by atoms with van der Waals surface area (Å²) in [6.45, 7) is 7.69. The van der Waals surface area contributed by atoms with Crippen LogP contribution in [0.2, 0.25) is 0 Å². The number of aromatic nitrogens is 2. The Morgan fingerprint density at radius 1 is 1.09 bits per heavy atom. The van der Waals surface area contributed by atoms with Gasteiger partial charge in [-0.1, -0.05) is 27.7 Å². The van der Waals surface area contributed by atoms with Gasteiger partial charge in [-0.25, -0.2) is 14.8 Å². The number of methoxy groups -OCH3 is 1. The van der Waals surface area contributed by atoms with Crippen molar-refractivity contribution in [2.75, 3.05) is 13.7 Å². The van der Waals surface area contributed by atoms with E-state index in [1.54, 1.807) is 13.2 Å². The minimum absolute atomic E-state index is 0.0215. The van der Waals surface area contributed by atoms with Crippen LogP contribution in [-0.2, 0) is 25.5 Å². The number of benzene rings is 1. The number of hydrogen-bond acceptors (Lipinski definition) is 9. The van der Waals surface area contributed by atoms with E-state index >= 15 is 0 Å². The van der Waals surface area contributed by atoms with Crippen LogP contribution in [0.4, 0.5) is 4.79 Å². The number of aldehydes is 1. The van der Waals surface area contributed by atoms with Crippen LogP contribution in [0.25, 0.3) is 11.0 Å². The van der Waals surface area contributed by atoms with Crippen LogP contribution in [0.3, 0.4) is 0 Å².